The van der Waals surface area contributed by atoms with Crippen molar-refractivity contribution in [2.24, 2.45) is 5.73 Å². The summed E-state index contributed by atoms with van der Waals surface area (Å²) >= 11 is 0. The van der Waals surface area contributed by atoms with Gasteiger partial charge >= 0.3 is 0 Å². The fourth-order valence-corrected chi connectivity index (χ4v) is 1.84. The molecule has 1 aliphatic rings. The largest absolute Gasteiger partial charge is 0.353 e. The lowest BCUT2D eigenvalue weighted by Crippen LogP contribution is -2.25. The van der Waals surface area contributed by atoms with E-state index in [0.29, 0.717) is 19.0 Å². The minimum atomic E-state index is 0.174. The Bertz CT molecular complexity index is 370. The molecule has 0 saturated heterocycles. The molecule has 94 valence electrons. The Balaban J connectivity index is 1.69. The summed E-state index contributed by atoms with van der Waals surface area (Å²) in [6.45, 7) is 1.47. The van der Waals surface area contributed by atoms with Gasteiger partial charge in [0, 0.05) is 37.3 Å². The third kappa shape index (κ3) is 3.85. The molecule has 1 amide bonds. The molecule has 1 aromatic heterocycles. The Morgan fingerprint density at radius 2 is 2.41 bits per heavy atom. The summed E-state index contributed by atoms with van der Waals surface area (Å²) in [5, 5.41) is 2.99. The molecule has 17 heavy (non-hydrogen) atoms. The van der Waals surface area contributed by atoms with E-state index < -0.39 is 0 Å². The van der Waals surface area contributed by atoms with Crippen LogP contribution in [0.1, 0.15) is 31.4 Å². The highest BCUT2D eigenvalue weighted by Crippen LogP contribution is 2.18. The van der Waals surface area contributed by atoms with Gasteiger partial charge in [0.15, 0.2) is 0 Å². The van der Waals surface area contributed by atoms with Crippen LogP contribution in [0.25, 0.3) is 0 Å². The van der Waals surface area contributed by atoms with Gasteiger partial charge in [-0.2, -0.15) is 0 Å². The van der Waals surface area contributed by atoms with E-state index in [0.717, 1.165) is 37.9 Å². The first kappa shape index (κ1) is 12.1. The summed E-state index contributed by atoms with van der Waals surface area (Å²) in [6.07, 6.45) is 8.24. The Morgan fingerprint density at radius 3 is 3.12 bits per heavy atom. The van der Waals surface area contributed by atoms with Crippen LogP contribution in [0.15, 0.2) is 12.5 Å². The minimum absolute atomic E-state index is 0.174. The molecule has 5 nitrogen and oxygen atoms in total. The van der Waals surface area contributed by atoms with Crippen molar-refractivity contribution in [3.8, 4) is 0 Å². The highest BCUT2D eigenvalue weighted by Gasteiger charge is 2.22. The molecule has 0 radical (unpaired) electrons. The van der Waals surface area contributed by atoms with Crippen molar-refractivity contribution in [3.05, 3.63) is 18.2 Å². The van der Waals surface area contributed by atoms with Gasteiger partial charge in [0.1, 0.15) is 0 Å². The molecule has 0 unspecified atom stereocenters. The number of rotatable bonds is 7. The van der Waals surface area contributed by atoms with Crippen molar-refractivity contribution < 1.29 is 4.79 Å². The average molecular weight is 236 g/mol. The van der Waals surface area contributed by atoms with Crippen molar-refractivity contribution in [1.29, 1.82) is 0 Å². The Hall–Kier alpha value is -1.36. The normalized spacial score (nSPS) is 14.9. The molecule has 1 fully saturated rings. The number of hydrogen-bond donors (Lipinski definition) is 2. The summed E-state index contributed by atoms with van der Waals surface area (Å²) in [7, 11) is 0. The van der Waals surface area contributed by atoms with Gasteiger partial charge in [-0.25, -0.2) is 4.98 Å². The van der Waals surface area contributed by atoms with E-state index in [9.17, 15) is 4.79 Å². The van der Waals surface area contributed by atoms with Crippen LogP contribution < -0.4 is 11.1 Å². The highest BCUT2D eigenvalue weighted by atomic mass is 16.1. The molecular formula is C12H20N4O. The van der Waals surface area contributed by atoms with Gasteiger partial charge in [-0.05, 0) is 25.8 Å². The average Bonchev–Trinajstić information content (AvgIpc) is 3.00. The van der Waals surface area contributed by atoms with E-state index in [1.807, 2.05) is 12.5 Å². The van der Waals surface area contributed by atoms with E-state index in [1.54, 1.807) is 0 Å². The Kier molecular flexibility index (Phi) is 4.14. The Morgan fingerprint density at radius 1 is 1.59 bits per heavy atom. The van der Waals surface area contributed by atoms with Crippen LogP contribution in [-0.4, -0.2) is 28.0 Å². The minimum Gasteiger partial charge on any atom is -0.353 e. The van der Waals surface area contributed by atoms with Crippen molar-refractivity contribution in [2.45, 2.75) is 44.7 Å². The van der Waals surface area contributed by atoms with E-state index in [2.05, 4.69) is 14.9 Å². The van der Waals surface area contributed by atoms with Crippen LogP contribution in [0.3, 0.4) is 0 Å². The fourth-order valence-electron chi connectivity index (χ4n) is 1.84. The van der Waals surface area contributed by atoms with E-state index >= 15 is 0 Å². The standard InChI is InChI=1S/C12H20N4O/c13-6-5-11-8-14-9-16(11)7-1-2-12(17)15-10-3-4-10/h8-10H,1-7,13H2,(H,15,17). The molecule has 1 aliphatic carbocycles. The summed E-state index contributed by atoms with van der Waals surface area (Å²) < 4.78 is 2.08. The van der Waals surface area contributed by atoms with E-state index in [1.165, 1.54) is 0 Å². The molecule has 1 saturated carbocycles. The van der Waals surface area contributed by atoms with Crippen LogP contribution >= 0.6 is 0 Å². The van der Waals surface area contributed by atoms with Gasteiger partial charge in [0.05, 0.1) is 6.33 Å². The van der Waals surface area contributed by atoms with Crippen molar-refractivity contribution in [1.82, 2.24) is 14.9 Å². The second kappa shape index (κ2) is 5.82. The number of carbonyl (C=O) groups is 1. The molecule has 0 atom stereocenters. The first-order chi connectivity index (χ1) is 8.29. The number of amides is 1. The topological polar surface area (TPSA) is 72.9 Å². The summed E-state index contributed by atoms with van der Waals surface area (Å²) in [6, 6.07) is 0.462. The lowest BCUT2D eigenvalue weighted by molar-refractivity contribution is -0.121. The second-order valence-corrected chi connectivity index (χ2v) is 4.56. The first-order valence-electron chi connectivity index (χ1n) is 6.28. The smallest absolute Gasteiger partial charge is 0.220 e. The maximum Gasteiger partial charge on any atom is 0.220 e. The van der Waals surface area contributed by atoms with E-state index in [4.69, 9.17) is 5.73 Å². The second-order valence-electron chi connectivity index (χ2n) is 4.56. The quantitative estimate of drug-likeness (QED) is 0.721. The summed E-state index contributed by atoms with van der Waals surface area (Å²) in [5.74, 6) is 0.174. The third-order valence-corrected chi connectivity index (χ3v) is 2.94. The van der Waals surface area contributed by atoms with Crippen LogP contribution in [0.4, 0.5) is 0 Å². The zero-order valence-corrected chi connectivity index (χ0v) is 10.1. The van der Waals surface area contributed by atoms with Crippen molar-refractivity contribution in [2.75, 3.05) is 6.54 Å². The lowest BCUT2D eigenvalue weighted by atomic mass is 10.2. The number of nitrogens with one attached hydrogen (secondary N) is 1. The van der Waals surface area contributed by atoms with Gasteiger partial charge in [-0.3, -0.25) is 4.79 Å². The van der Waals surface area contributed by atoms with Crippen molar-refractivity contribution in [3.63, 3.8) is 0 Å². The molecule has 5 heteroatoms. The molecule has 1 aromatic rings. The number of nitrogens with two attached hydrogens (primary N) is 1. The molecular weight excluding hydrogens is 216 g/mol. The van der Waals surface area contributed by atoms with Gasteiger partial charge in [-0.1, -0.05) is 0 Å². The molecule has 0 bridgehead atoms. The monoisotopic (exact) mass is 236 g/mol. The molecule has 0 aromatic carbocycles. The SMILES string of the molecule is NCCc1cncn1CCCC(=O)NC1CC1. The zero-order chi connectivity index (χ0) is 12.1. The summed E-state index contributed by atoms with van der Waals surface area (Å²) in [4.78, 5) is 15.6. The van der Waals surface area contributed by atoms with Crippen LogP contribution in [0.5, 0.6) is 0 Å². The first-order valence-corrected chi connectivity index (χ1v) is 6.28. The van der Waals surface area contributed by atoms with E-state index in [-0.39, 0.29) is 5.91 Å². The van der Waals surface area contributed by atoms with Crippen LogP contribution in [-0.2, 0) is 17.8 Å². The number of aromatic nitrogens is 2. The van der Waals surface area contributed by atoms with Crippen molar-refractivity contribution >= 4 is 5.91 Å². The molecule has 2 rings (SSSR count). The molecule has 0 aliphatic heterocycles. The lowest BCUT2D eigenvalue weighted by Gasteiger charge is -2.07. The van der Waals surface area contributed by atoms with Gasteiger partial charge in [0.2, 0.25) is 5.91 Å². The number of imidazole rings is 1. The zero-order valence-electron chi connectivity index (χ0n) is 10.1. The van der Waals surface area contributed by atoms with Gasteiger partial charge < -0.3 is 15.6 Å². The van der Waals surface area contributed by atoms with Crippen LogP contribution in [0, 0.1) is 0 Å². The number of carbonyl (C=O) groups excluding carboxylic acids is 1. The Labute approximate surface area is 101 Å². The summed E-state index contributed by atoms with van der Waals surface area (Å²) in [5.41, 5.74) is 6.67. The molecule has 0 spiro atoms. The highest BCUT2D eigenvalue weighted by molar-refractivity contribution is 5.76. The predicted molar refractivity (Wildman–Crippen MR) is 65.4 cm³/mol. The molecule has 1 heterocycles. The molecule has 3 N–H and O–H groups in total. The fraction of sp³-hybridized carbons (Fsp3) is 0.667. The number of hydrogen-bond acceptors (Lipinski definition) is 3. The van der Waals surface area contributed by atoms with Gasteiger partial charge in [-0.15, -0.1) is 0 Å². The number of nitrogens with zero attached hydrogens (tertiary/aromatic N) is 2. The van der Waals surface area contributed by atoms with Crippen LogP contribution in [0.2, 0.25) is 0 Å². The third-order valence-electron chi connectivity index (χ3n) is 2.94. The maximum absolute atomic E-state index is 11.5. The predicted octanol–water partition coefficient (Wildman–Crippen LogP) is 0.443. The maximum atomic E-state index is 11.5. The number of aryl methyl sites for hydroxylation is 1. The van der Waals surface area contributed by atoms with Gasteiger partial charge in [0.25, 0.3) is 0 Å².